The van der Waals surface area contributed by atoms with Crippen molar-refractivity contribution in [2.24, 2.45) is 5.73 Å². The molecule has 2 aromatic heterocycles. The quantitative estimate of drug-likeness (QED) is 0.729. The third-order valence-corrected chi connectivity index (χ3v) is 5.44. The van der Waals surface area contributed by atoms with E-state index in [2.05, 4.69) is 10.1 Å². The topological polar surface area (TPSA) is 94.1 Å². The highest BCUT2D eigenvalue weighted by molar-refractivity contribution is 7.11. The normalized spacial score (nSPS) is 15.6. The van der Waals surface area contributed by atoms with Gasteiger partial charge in [0.2, 0.25) is 5.91 Å². The van der Waals surface area contributed by atoms with Crippen LogP contribution in [-0.4, -0.2) is 44.6 Å². The molecule has 1 saturated heterocycles. The number of alkyl halides is 4. The van der Waals surface area contributed by atoms with Gasteiger partial charge in [-0.15, -0.1) is 11.3 Å². The summed E-state index contributed by atoms with van der Waals surface area (Å²) in [6, 6.07) is 0.618. The first-order valence-corrected chi connectivity index (χ1v) is 9.31. The second-order valence-electron chi connectivity index (χ2n) is 6.35. The molecule has 0 aliphatic carbocycles. The van der Waals surface area contributed by atoms with Gasteiger partial charge in [0.05, 0.1) is 5.69 Å². The van der Waals surface area contributed by atoms with Crippen LogP contribution in [0.15, 0.2) is 11.4 Å². The number of nitrogens with zero attached hydrogens (tertiary/aromatic N) is 4. The molecular weight excluding hydrogens is 402 g/mol. The Morgan fingerprint density at radius 1 is 1.21 bits per heavy atom. The molecule has 1 fully saturated rings. The molecule has 2 N–H and O–H groups in total. The second-order valence-corrected chi connectivity index (χ2v) is 7.21. The Morgan fingerprint density at radius 3 is 2.43 bits per heavy atom. The molecule has 1 aliphatic rings. The van der Waals surface area contributed by atoms with E-state index in [0.29, 0.717) is 36.7 Å². The van der Waals surface area contributed by atoms with Crippen molar-refractivity contribution in [2.45, 2.75) is 38.2 Å². The Bertz CT molecular complexity index is 861. The molecule has 0 saturated carbocycles. The van der Waals surface area contributed by atoms with Gasteiger partial charge in [-0.25, -0.2) is 22.5 Å². The average molecular weight is 419 g/mol. The largest absolute Gasteiger partial charge is 0.364 e. The molecule has 1 aliphatic heterocycles. The van der Waals surface area contributed by atoms with E-state index in [-0.39, 0.29) is 10.9 Å². The van der Waals surface area contributed by atoms with Crippen molar-refractivity contribution in [2.75, 3.05) is 13.1 Å². The summed E-state index contributed by atoms with van der Waals surface area (Å²) in [6.07, 6.45) is -4.84. The molecule has 28 heavy (non-hydrogen) atoms. The number of hydrogen-bond acceptors (Lipinski definition) is 5. The van der Waals surface area contributed by atoms with Crippen molar-refractivity contribution in [1.29, 1.82) is 0 Å². The van der Waals surface area contributed by atoms with E-state index in [4.69, 9.17) is 5.73 Å². The Morgan fingerprint density at radius 2 is 1.89 bits per heavy atom. The number of likely N-dealkylation sites (tertiary alicyclic amines) is 1. The van der Waals surface area contributed by atoms with Gasteiger partial charge in [0, 0.05) is 24.4 Å². The van der Waals surface area contributed by atoms with Crippen LogP contribution in [0, 0.1) is 0 Å². The van der Waals surface area contributed by atoms with E-state index in [1.165, 1.54) is 4.90 Å². The summed E-state index contributed by atoms with van der Waals surface area (Å²) in [6.45, 7) is 0.194. The smallest absolute Gasteiger partial charge is 0.282 e. The summed E-state index contributed by atoms with van der Waals surface area (Å²) < 4.78 is 52.1. The maximum Gasteiger partial charge on any atom is 0.282 e. The number of thiazole rings is 1. The van der Waals surface area contributed by atoms with E-state index < -0.39 is 42.6 Å². The highest BCUT2D eigenvalue weighted by Gasteiger charge is 2.28. The molecule has 0 bridgehead atoms. The number of piperidine rings is 1. The van der Waals surface area contributed by atoms with Gasteiger partial charge >= 0.3 is 0 Å². The summed E-state index contributed by atoms with van der Waals surface area (Å²) in [7, 11) is 0. The van der Waals surface area contributed by atoms with E-state index in [9.17, 15) is 27.2 Å². The van der Waals surface area contributed by atoms with Crippen LogP contribution in [0.2, 0.25) is 0 Å². The van der Waals surface area contributed by atoms with E-state index in [1.54, 1.807) is 5.38 Å². The van der Waals surface area contributed by atoms with Gasteiger partial charge in [0.15, 0.2) is 5.01 Å². The summed E-state index contributed by atoms with van der Waals surface area (Å²) in [4.78, 5) is 29.2. The number of rotatable bonds is 6. The molecule has 2 amide bonds. The first kappa shape index (κ1) is 20.2. The zero-order valence-corrected chi connectivity index (χ0v) is 15.3. The van der Waals surface area contributed by atoms with Crippen LogP contribution in [0.5, 0.6) is 0 Å². The number of nitrogens with two attached hydrogens (primary N) is 1. The van der Waals surface area contributed by atoms with Crippen LogP contribution < -0.4 is 5.73 Å². The Balaban J connectivity index is 1.62. The van der Waals surface area contributed by atoms with Gasteiger partial charge < -0.3 is 10.6 Å². The lowest BCUT2D eigenvalue weighted by atomic mass is 9.94. The number of hydrogen-bond donors (Lipinski definition) is 1. The zero-order valence-electron chi connectivity index (χ0n) is 14.5. The van der Waals surface area contributed by atoms with Crippen LogP contribution in [0.4, 0.5) is 17.6 Å². The molecule has 0 unspecified atom stereocenters. The van der Waals surface area contributed by atoms with Crippen molar-refractivity contribution in [3.63, 3.8) is 0 Å². The monoisotopic (exact) mass is 419 g/mol. The number of amides is 2. The molecule has 0 radical (unpaired) electrons. The molecule has 0 aromatic carbocycles. The summed E-state index contributed by atoms with van der Waals surface area (Å²) >= 11 is 1.16. The predicted octanol–water partition coefficient (Wildman–Crippen LogP) is 2.72. The molecular formula is C16H17F4N5O2S. The number of aromatic nitrogens is 3. The highest BCUT2D eigenvalue weighted by Crippen LogP contribution is 2.29. The molecule has 0 spiro atoms. The first-order chi connectivity index (χ1) is 13.3. The highest BCUT2D eigenvalue weighted by atomic mass is 32.1. The van der Waals surface area contributed by atoms with E-state index in [1.807, 2.05) is 0 Å². The lowest BCUT2D eigenvalue weighted by Gasteiger charge is -2.31. The van der Waals surface area contributed by atoms with Crippen molar-refractivity contribution in [3.05, 3.63) is 33.5 Å². The Kier molecular flexibility index (Phi) is 5.96. The van der Waals surface area contributed by atoms with Crippen LogP contribution >= 0.6 is 11.3 Å². The van der Waals surface area contributed by atoms with Crippen molar-refractivity contribution >= 4 is 23.2 Å². The lowest BCUT2D eigenvalue weighted by molar-refractivity contribution is -0.133. The second kappa shape index (κ2) is 8.25. The van der Waals surface area contributed by atoms with Gasteiger partial charge in [-0.3, -0.25) is 14.3 Å². The van der Waals surface area contributed by atoms with E-state index in [0.717, 1.165) is 17.0 Å². The number of carbonyl (C=O) groups is 2. The van der Waals surface area contributed by atoms with Crippen molar-refractivity contribution in [1.82, 2.24) is 19.7 Å². The molecule has 3 rings (SSSR count). The third-order valence-electron chi connectivity index (χ3n) is 4.56. The van der Waals surface area contributed by atoms with Crippen LogP contribution in [0.25, 0.3) is 0 Å². The maximum atomic E-state index is 13.0. The fourth-order valence-electron chi connectivity index (χ4n) is 3.10. The molecule has 152 valence electrons. The predicted molar refractivity (Wildman–Crippen MR) is 91.3 cm³/mol. The van der Waals surface area contributed by atoms with Crippen molar-refractivity contribution < 1.29 is 27.2 Å². The van der Waals surface area contributed by atoms with Gasteiger partial charge in [-0.2, -0.15) is 5.10 Å². The molecule has 3 heterocycles. The van der Waals surface area contributed by atoms with Gasteiger partial charge in [-0.1, -0.05) is 0 Å². The average Bonchev–Trinajstić information content (AvgIpc) is 3.29. The minimum Gasteiger partial charge on any atom is -0.364 e. The first-order valence-electron chi connectivity index (χ1n) is 8.43. The Labute approximate surface area is 161 Å². The van der Waals surface area contributed by atoms with Crippen molar-refractivity contribution in [3.8, 4) is 0 Å². The minimum absolute atomic E-state index is 0.0557. The third kappa shape index (κ3) is 4.32. The van der Waals surface area contributed by atoms with Crippen LogP contribution in [0.3, 0.4) is 0 Å². The van der Waals surface area contributed by atoms with E-state index >= 15 is 0 Å². The SMILES string of the molecule is NC(=O)c1nc(C2CCN(C(=O)Cn3nc(C(F)F)cc3C(F)F)CC2)cs1. The lowest BCUT2D eigenvalue weighted by Crippen LogP contribution is -2.40. The molecule has 0 atom stereocenters. The standard InChI is InChI=1S/C16H17F4N5O2S/c17-13(18)9-5-11(14(19)20)25(23-9)6-12(26)24-3-1-8(2-4-24)10-7-28-16(22-10)15(21)27/h5,7-8,13-14H,1-4,6H2,(H2,21,27). The zero-order chi connectivity index (χ0) is 20.4. The molecule has 12 heteroatoms. The van der Waals surface area contributed by atoms with Crippen LogP contribution in [0.1, 0.15) is 58.5 Å². The van der Waals surface area contributed by atoms with Gasteiger partial charge in [0.1, 0.15) is 17.9 Å². The van der Waals surface area contributed by atoms with Gasteiger partial charge in [0.25, 0.3) is 18.8 Å². The molecule has 7 nitrogen and oxygen atoms in total. The van der Waals surface area contributed by atoms with Crippen LogP contribution in [-0.2, 0) is 11.3 Å². The number of carbonyl (C=O) groups excluding carboxylic acids is 2. The maximum absolute atomic E-state index is 13.0. The fourth-order valence-corrected chi connectivity index (χ4v) is 3.85. The fraction of sp³-hybridized carbons (Fsp3) is 0.500. The summed E-state index contributed by atoms with van der Waals surface area (Å²) in [5, 5.41) is 5.41. The Hall–Kier alpha value is -2.50. The summed E-state index contributed by atoms with van der Waals surface area (Å²) in [5.41, 5.74) is 4.44. The number of primary amides is 1. The molecule has 2 aromatic rings. The van der Waals surface area contributed by atoms with Gasteiger partial charge in [-0.05, 0) is 18.9 Å². The number of halogens is 4. The summed E-state index contributed by atoms with van der Waals surface area (Å²) in [5.74, 6) is -1.01. The minimum atomic E-state index is -3.01.